The lowest BCUT2D eigenvalue weighted by Crippen LogP contribution is -2.30. The van der Waals surface area contributed by atoms with E-state index < -0.39 is 97.5 Å². The van der Waals surface area contributed by atoms with E-state index in [0.29, 0.717) is 25.7 Å². The summed E-state index contributed by atoms with van der Waals surface area (Å²) >= 11 is 0. The second kappa shape index (κ2) is 66.0. The third-order valence-corrected chi connectivity index (χ3v) is 19.1. The minimum atomic E-state index is -4.95. The van der Waals surface area contributed by atoms with Crippen LogP contribution in [0.5, 0.6) is 0 Å². The smallest absolute Gasteiger partial charge is 0.462 e. The Balaban J connectivity index is 5.25. The molecule has 0 aliphatic carbocycles. The summed E-state index contributed by atoms with van der Waals surface area (Å²) in [4.78, 5) is 72.7. The third kappa shape index (κ3) is 68.4. The number of ether oxygens (including phenoxy) is 4. The van der Waals surface area contributed by atoms with Gasteiger partial charge in [-0.3, -0.25) is 37.3 Å². The number of carbonyl (C=O) groups is 4. The van der Waals surface area contributed by atoms with E-state index in [1.54, 1.807) is 0 Å². The fourth-order valence-electron chi connectivity index (χ4n) is 11.3. The van der Waals surface area contributed by atoms with Crippen LogP contribution in [0.2, 0.25) is 0 Å². The summed E-state index contributed by atoms with van der Waals surface area (Å²) < 4.78 is 68.5. The van der Waals surface area contributed by atoms with Gasteiger partial charge < -0.3 is 33.8 Å². The van der Waals surface area contributed by atoms with E-state index >= 15 is 0 Å². The molecule has 93 heavy (non-hydrogen) atoms. The number of phosphoric acid groups is 2. The standard InChI is InChI=1S/C74H144O17P2/c1-7-9-11-13-15-17-19-20-23-26-33-39-45-51-57-72(77)85-63-70(90-73(78)58-52-46-40-34-27-24-21-22-25-30-36-42-48-54-66(3)4)65-89-93(82,83)87-61-68(75)60-86-92(80,81)88-64-69(62-84-71(76)56-50-44-38-32-18-16-14-12-10-8-2)91-74(79)59-53-47-41-35-29-28-31-37-43-49-55-67(5)6/h66-70,75H,7-65H2,1-6H3,(H,80,81)(H,82,83)/t68-,69+,70+/m0/s1. The van der Waals surface area contributed by atoms with Crippen LogP contribution in [0.1, 0.15) is 382 Å². The Morgan fingerprint density at radius 3 is 0.731 bits per heavy atom. The van der Waals surface area contributed by atoms with Crippen LogP contribution in [0.15, 0.2) is 0 Å². The molecule has 0 aliphatic heterocycles. The first-order valence-electron chi connectivity index (χ1n) is 38.5. The third-order valence-electron chi connectivity index (χ3n) is 17.2. The molecule has 0 amide bonds. The van der Waals surface area contributed by atoms with Crippen LogP contribution >= 0.6 is 15.6 Å². The van der Waals surface area contributed by atoms with Crippen molar-refractivity contribution in [2.75, 3.05) is 39.6 Å². The average Bonchev–Trinajstić information content (AvgIpc) is 3.60. The van der Waals surface area contributed by atoms with Crippen LogP contribution in [0, 0.1) is 11.8 Å². The summed E-state index contributed by atoms with van der Waals surface area (Å²) in [5, 5.41) is 10.6. The minimum absolute atomic E-state index is 0.106. The van der Waals surface area contributed by atoms with Gasteiger partial charge in [0.2, 0.25) is 0 Å². The monoisotopic (exact) mass is 1370 g/mol. The van der Waals surface area contributed by atoms with E-state index in [-0.39, 0.29) is 25.7 Å². The van der Waals surface area contributed by atoms with Gasteiger partial charge in [-0.15, -0.1) is 0 Å². The fourth-order valence-corrected chi connectivity index (χ4v) is 12.9. The predicted molar refractivity (Wildman–Crippen MR) is 377 cm³/mol. The Morgan fingerprint density at radius 2 is 0.495 bits per heavy atom. The molecule has 0 rings (SSSR count). The molecule has 0 saturated carbocycles. The first-order chi connectivity index (χ1) is 44.9. The number of rotatable bonds is 73. The van der Waals surface area contributed by atoms with Crippen molar-refractivity contribution < 1.29 is 80.2 Å². The molecule has 0 fully saturated rings. The van der Waals surface area contributed by atoms with Crippen LogP contribution in [0.4, 0.5) is 0 Å². The molecule has 3 N–H and O–H groups in total. The number of phosphoric ester groups is 2. The molecule has 0 aromatic rings. The van der Waals surface area contributed by atoms with Crippen LogP contribution < -0.4 is 0 Å². The highest BCUT2D eigenvalue weighted by Crippen LogP contribution is 2.45. The maximum absolute atomic E-state index is 13.1. The van der Waals surface area contributed by atoms with E-state index in [2.05, 4.69) is 41.5 Å². The quantitative estimate of drug-likeness (QED) is 0.0222. The molecule has 0 aliphatic rings. The molecule has 552 valence electrons. The van der Waals surface area contributed by atoms with Gasteiger partial charge in [0.25, 0.3) is 0 Å². The molecular formula is C74H144O17P2. The lowest BCUT2D eigenvalue weighted by molar-refractivity contribution is -0.161. The summed E-state index contributed by atoms with van der Waals surface area (Å²) in [6, 6.07) is 0. The largest absolute Gasteiger partial charge is 0.472 e. The van der Waals surface area contributed by atoms with Gasteiger partial charge in [0.15, 0.2) is 12.2 Å². The Hall–Kier alpha value is -1.94. The van der Waals surface area contributed by atoms with Crippen molar-refractivity contribution in [2.45, 2.75) is 400 Å². The number of hydrogen-bond acceptors (Lipinski definition) is 15. The van der Waals surface area contributed by atoms with E-state index in [1.165, 1.54) is 199 Å². The van der Waals surface area contributed by atoms with Crippen molar-refractivity contribution in [3.8, 4) is 0 Å². The number of aliphatic hydroxyl groups is 1. The summed E-state index contributed by atoms with van der Waals surface area (Å²) in [5.41, 5.74) is 0. The number of carbonyl (C=O) groups excluding carboxylic acids is 4. The van der Waals surface area contributed by atoms with Crippen LogP contribution in [0.25, 0.3) is 0 Å². The van der Waals surface area contributed by atoms with Crippen molar-refractivity contribution in [3.63, 3.8) is 0 Å². The zero-order valence-electron chi connectivity index (χ0n) is 60.6. The maximum atomic E-state index is 13.1. The van der Waals surface area contributed by atoms with Crippen LogP contribution in [0.3, 0.4) is 0 Å². The Kier molecular flexibility index (Phi) is 64.6. The number of esters is 4. The van der Waals surface area contributed by atoms with Crippen molar-refractivity contribution in [3.05, 3.63) is 0 Å². The molecule has 0 radical (unpaired) electrons. The van der Waals surface area contributed by atoms with Gasteiger partial charge in [-0.2, -0.15) is 0 Å². The molecule has 5 atom stereocenters. The number of aliphatic hydroxyl groups excluding tert-OH is 1. The highest BCUT2D eigenvalue weighted by Gasteiger charge is 2.30. The Morgan fingerprint density at radius 1 is 0.290 bits per heavy atom. The summed E-state index contributed by atoms with van der Waals surface area (Å²) in [5.74, 6) is -0.578. The maximum Gasteiger partial charge on any atom is 0.472 e. The average molecular weight is 1370 g/mol. The topological polar surface area (TPSA) is 237 Å². The van der Waals surface area contributed by atoms with Crippen molar-refractivity contribution >= 4 is 39.5 Å². The highest BCUT2D eigenvalue weighted by atomic mass is 31.2. The lowest BCUT2D eigenvalue weighted by Gasteiger charge is -2.21. The zero-order chi connectivity index (χ0) is 68.6. The second-order valence-electron chi connectivity index (χ2n) is 27.6. The summed E-state index contributed by atoms with van der Waals surface area (Å²) in [7, 11) is -9.91. The first kappa shape index (κ1) is 91.1. The van der Waals surface area contributed by atoms with E-state index in [0.717, 1.165) is 102 Å². The van der Waals surface area contributed by atoms with Gasteiger partial charge >= 0.3 is 39.5 Å². The lowest BCUT2D eigenvalue weighted by atomic mass is 10.0. The van der Waals surface area contributed by atoms with Crippen molar-refractivity contribution in [2.24, 2.45) is 11.8 Å². The van der Waals surface area contributed by atoms with Crippen molar-refractivity contribution in [1.82, 2.24) is 0 Å². The van der Waals surface area contributed by atoms with Crippen LogP contribution in [-0.2, 0) is 65.4 Å². The first-order valence-corrected chi connectivity index (χ1v) is 41.5. The molecule has 0 spiro atoms. The molecule has 0 heterocycles. The molecule has 0 bridgehead atoms. The van der Waals surface area contributed by atoms with Gasteiger partial charge in [-0.25, -0.2) is 9.13 Å². The molecular weight excluding hydrogens is 1220 g/mol. The van der Waals surface area contributed by atoms with E-state index in [4.69, 9.17) is 37.0 Å². The minimum Gasteiger partial charge on any atom is -0.462 e. The molecule has 0 aromatic carbocycles. The van der Waals surface area contributed by atoms with Gasteiger partial charge in [0.1, 0.15) is 19.3 Å². The molecule has 19 heteroatoms. The highest BCUT2D eigenvalue weighted by molar-refractivity contribution is 7.47. The molecule has 0 aromatic heterocycles. The van der Waals surface area contributed by atoms with Gasteiger partial charge in [-0.1, -0.05) is 330 Å². The normalized spacial score (nSPS) is 14.1. The van der Waals surface area contributed by atoms with Gasteiger partial charge in [-0.05, 0) is 37.5 Å². The van der Waals surface area contributed by atoms with Gasteiger partial charge in [0.05, 0.1) is 26.4 Å². The van der Waals surface area contributed by atoms with E-state index in [9.17, 15) is 43.2 Å². The second-order valence-corrected chi connectivity index (χ2v) is 30.5. The predicted octanol–water partition coefficient (Wildman–Crippen LogP) is 21.6. The number of unbranched alkanes of at least 4 members (excludes halogenated alkanes) is 43. The van der Waals surface area contributed by atoms with Crippen molar-refractivity contribution in [1.29, 1.82) is 0 Å². The van der Waals surface area contributed by atoms with Crippen LogP contribution in [-0.4, -0.2) is 96.7 Å². The Bertz CT molecular complexity index is 1800. The Labute approximate surface area is 568 Å². The van der Waals surface area contributed by atoms with Gasteiger partial charge in [0, 0.05) is 25.7 Å². The molecule has 0 saturated heterocycles. The molecule has 2 unspecified atom stereocenters. The zero-order valence-corrected chi connectivity index (χ0v) is 62.3. The summed E-state index contributed by atoms with van der Waals surface area (Å²) in [6.45, 7) is 9.59. The van der Waals surface area contributed by atoms with E-state index in [1.807, 2.05) is 0 Å². The SMILES string of the molecule is CCCCCCCCCCCCCCCCC(=O)OC[C@H](COP(=O)(O)OC[C@@H](O)COP(=O)(O)OC[C@@H](COC(=O)CCCCCCCCCCCC)OC(=O)CCCCCCCCCCCCC(C)C)OC(=O)CCCCCCCCCCCCCCCC(C)C. The number of hydrogen-bond donors (Lipinski definition) is 3. The summed E-state index contributed by atoms with van der Waals surface area (Å²) in [6.07, 6.45) is 52.6. The molecule has 17 nitrogen and oxygen atoms in total. The fraction of sp³-hybridized carbons (Fsp3) is 0.946.